The largest absolute Gasteiger partial charge is 0.348 e. The molecular formula is C12H19ClN2O3S. The van der Waals surface area contributed by atoms with Crippen LogP contribution in [0.25, 0.3) is 0 Å². The first-order chi connectivity index (χ1) is 8.66. The van der Waals surface area contributed by atoms with Gasteiger partial charge in [0.05, 0.1) is 0 Å². The van der Waals surface area contributed by atoms with Crippen molar-refractivity contribution in [2.24, 2.45) is 13.0 Å². The van der Waals surface area contributed by atoms with E-state index in [9.17, 15) is 13.2 Å². The molecular weight excluding hydrogens is 288 g/mol. The molecule has 0 saturated heterocycles. The van der Waals surface area contributed by atoms with Gasteiger partial charge in [0, 0.05) is 30.0 Å². The first-order valence-corrected chi connectivity index (χ1v) is 8.39. The summed E-state index contributed by atoms with van der Waals surface area (Å²) in [6.45, 7) is 6.03. The monoisotopic (exact) mass is 306 g/mol. The lowest BCUT2D eigenvalue weighted by molar-refractivity contribution is 0.0916. The van der Waals surface area contributed by atoms with Crippen molar-refractivity contribution < 1.29 is 13.2 Å². The fraction of sp³-hybridized carbons (Fsp3) is 0.583. The van der Waals surface area contributed by atoms with Crippen LogP contribution in [0, 0.1) is 5.92 Å². The number of nitrogens with zero attached hydrogens (tertiary/aromatic N) is 1. The van der Waals surface area contributed by atoms with Crippen LogP contribution in [-0.4, -0.2) is 24.9 Å². The molecule has 0 aliphatic rings. The molecule has 1 atom stereocenters. The van der Waals surface area contributed by atoms with Gasteiger partial charge in [-0.15, -0.1) is 0 Å². The Labute approximate surface area is 118 Å². The number of nitrogens with one attached hydrogen (secondary N) is 1. The Bertz CT molecular complexity index is 564. The lowest BCUT2D eigenvalue weighted by Gasteiger charge is -2.20. The zero-order valence-electron chi connectivity index (χ0n) is 11.5. The summed E-state index contributed by atoms with van der Waals surface area (Å²) in [7, 11) is 3.05. The topological polar surface area (TPSA) is 68.2 Å². The highest BCUT2D eigenvalue weighted by molar-refractivity contribution is 8.13. The Hall–Kier alpha value is -1.01. The Morgan fingerprint density at radius 3 is 2.42 bits per heavy atom. The van der Waals surface area contributed by atoms with E-state index in [1.807, 2.05) is 20.8 Å². The highest BCUT2D eigenvalue weighted by Crippen LogP contribution is 2.18. The van der Waals surface area contributed by atoms with Gasteiger partial charge >= 0.3 is 0 Å². The smallest absolute Gasteiger partial charge is 0.268 e. The van der Waals surface area contributed by atoms with Crippen molar-refractivity contribution in [1.82, 2.24) is 9.88 Å². The predicted molar refractivity (Wildman–Crippen MR) is 74.8 cm³/mol. The van der Waals surface area contributed by atoms with Crippen molar-refractivity contribution in [3.05, 3.63) is 18.0 Å². The molecule has 0 fully saturated rings. The van der Waals surface area contributed by atoms with Crippen LogP contribution in [0.3, 0.4) is 0 Å². The summed E-state index contributed by atoms with van der Waals surface area (Å²) >= 11 is 0. The first kappa shape index (κ1) is 16.0. The van der Waals surface area contributed by atoms with Gasteiger partial charge in [-0.2, -0.15) is 0 Å². The number of aryl methyl sites for hydroxylation is 1. The number of rotatable bonds is 5. The van der Waals surface area contributed by atoms with Gasteiger partial charge in [0.1, 0.15) is 10.6 Å². The van der Waals surface area contributed by atoms with E-state index in [0.29, 0.717) is 5.92 Å². The standard InChI is InChI=1S/C12H19ClN2O3S/c1-5-10(8(2)3)14-12(16)11-6-9(7-15(11)4)19(13,17)18/h6-8,10H,5H2,1-4H3,(H,14,16). The van der Waals surface area contributed by atoms with Crippen LogP contribution in [0.4, 0.5) is 0 Å². The van der Waals surface area contributed by atoms with Crippen LogP contribution in [0.2, 0.25) is 0 Å². The molecule has 108 valence electrons. The Morgan fingerprint density at radius 2 is 2.05 bits per heavy atom. The molecule has 1 N–H and O–H groups in total. The molecule has 0 spiro atoms. The Balaban J connectivity index is 2.98. The van der Waals surface area contributed by atoms with Crippen LogP contribution >= 0.6 is 10.7 Å². The van der Waals surface area contributed by atoms with Crippen molar-refractivity contribution in [2.75, 3.05) is 0 Å². The number of hydrogen-bond donors (Lipinski definition) is 1. The zero-order valence-corrected chi connectivity index (χ0v) is 13.0. The summed E-state index contributed by atoms with van der Waals surface area (Å²) < 4.78 is 23.9. The van der Waals surface area contributed by atoms with E-state index in [0.717, 1.165) is 6.42 Å². The van der Waals surface area contributed by atoms with Crippen LogP contribution in [0.5, 0.6) is 0 Å². The van der Waals surface area contributed by atoms with Gasteiger partial charge in [0.2, 0.25) is 0 Å². The zero-order chi connectivity index (χ0) is 14.8. The van der Waals surface area contributed by atoms with E-state index in [-0.39, 0.29) is 22.5 Å². The molecule has 0 radical (unpaired) electrons. The third kappa shape index (κ3) is 3.98. The van der Waals surface area contributed by atoms with Gasteiger partial charge in [0.15, 0.2) is 0 Å². The third-order valence-electron chi connectivity index (χ3n) is 3.06. The van der Waals surface area contributed by atoms with Crippen molar-refractivity contribution >= 4 is 25.6 Å². The maximum Gasteiger partial charge on any atom is 0.268 e. The fourth-order valence-electron chi connectivity index (χ4n) is 1.88. The molecule has 1 amide bonds. The van der Waals surface area contributed by atoms with Gasteiger partial charge in [-0.1, -0.05) is 20.8 Å². The summed E-state index contributed by atoms with van der Waals surface area (Å²) in [5, 5.41) is 2.89. The van der Waals surface area contributed by atoms with E-state index in [1.165, 1.54) is 16.8 Å². The van der Waals surface area contributed by atoms with Crippen molar-refractivity contribution in [1.29, 1.82) is 0 Å². The average Bonchev–Trinajstić information content (AvgIpc) is 2.67. The number of hydrogen-bond acceptors (Lipinski definition) is 3. The highest BCUT2D eigenvalue weighted by atomic mass is 35.7. The molecule has 7 heteroatoms. The van der Waals surface area contributed by atoms with Crippen LogP contribution in [-0.2, 0) is 16.1 Å². The fourth-order valence-corrected chi connectivity index (χ4v) is 2.67. The molecule has 0 bridgehead atoms. The Kier molecular flexibility index (Phi) is 5.04. The number of halogens is 1. The summed E-state index contributed by atoms with van der Waals surface area (Å²) in [4.78, 5) is 12.0. The van der Waals surface area contributed by atoms with Crippen LogP contribution in [0.1, 0.15) is 37.7 Å². The molecule has 0 aromatic carbocycles. The third-order valence-corrected chi connectivity index (χ3v) is 4.38. The second-order valence-corrected chi connectivity index (χ2v) is 7.41. The molecule has 5 nitrogen and oxygen atoms in total. The lowest BCUT2D eigenvalue weighted by Crippen LogP contribution is -2.38. The van der Waals surface area contributed by atoms with Crippen molar-refractivity contribution in [2.45, 2.75) is 38.1 Å². The first-order valence-electron chi connectivity index (χ1n) is 6.08. The Morgan fingerprint density at radius 1 is 1.47 bits per heavy atom. The molecule has 1 aromatic heterocycles. The minimum atomic E-state index is -3.82. The van der Waals surface area contributed by atoms with E-state index in [1.54, 1.807) is 7.05 Å². The van der Waals surface area contributed by atoms with Gasteiger partial charge < -0.3 is 9.88 Å². The summed E-state index contributed by atoms with van der Waals surface area (Å²) in [5.41, 5.74) is 0.276. The van der Waals surface area contributed by atoms with E-state index in [2.05, 4.69) is 5.32 Å². The highest BCUT2D eigenvalue weighted by Gasteiger charge is 2.21. The number of amides is 1. The molecule has 1 heterocycles. The van der Waals surface area contributed by atoms with E-state index in [4.69, 9.17) is 10.7 Å². The van der Waals surface area contributed by atoms with Gasteiger partial charge in [-0.05, 0) is 18.4 Å². The van der Waals surface area contributed by atoms with Crippen molar-refractivity contribution in [3.8, 4) is 0 Å². The van der Waals surface area contributed by atoms with Crippen molar-refractivity contribution in [3.63, 3.8) is 0 Å². The minimum absolute atomic E-state index is 0.0541. The molecule has 0 aliphatic carbocycles. The molecule has 1 aromatic rings. The second kappa shape index (κ2) is 5.96. The minimum Gasteiger partial charge on any atom is -0.348 e. The average molecular weight is 307 g/mol. The van der Waals surface area contributed by atoms with E-state index < -0.39 is 9.05 Å². The molecule has 19 heavy (non-hydrogen) atoms. The summed E-state index contributed by atoms with van der Waals surface area (Å²) in [5.74, 6) is 0.0139. The van der Waals surface area contributed by atoms with Gasteiger partial charge in [-0.25, -0.2) is 8.42 Å². The van der Waals surface area contributed by atoms with Crippen LogP contribution in [0.15, 0.2) is 17.2 Å². The number of aromatic nitrogens is 1. The van der Waals surface area contributed by atoms with Gasteiger partial charge in [-0.3, -0.25) is 4.79 Å². The number of carbonyl (C=O) groups excluding carboxylic acids is 1. The second-order valence-electron chi connectivity index (χ2n) is 4.84. The maximum atomic E-state index is 12.1. The number of carbonyl (C=O) groups is 1. The summed E-state index contributed by atoms with van der Waals surface area (Å²) in [6, 6.07) is 1.34. The van der Waals surface area contributed by atoms with Crippen LogP contribution < -0.4 is 5.32 Å². The summed E-state index contributed by atoms with van der Waals surface area (Å²) in [6.07, 6.45) is 2.14. The predicted octanol–water partition coefficient (Wildman–Crippen LogP) is 2.12. The lowest BCUT2D eigenvalue weighted by atomic mass is 10.0. The molecule has 1 rings (SSSR count). The quantitative estimate of drug-likeness (QED) is 0.847. The normalized spacial score (nSPS) is 13.6. The molecule has 0 saturated carbocycles. The van der Waals surface area contributed by atoms with Gasteiger partial charge in [0.25, 0.3) is 15.0 Å². The molecule has 0 aliphatic heterocycles. The van der Waals surface area contributed by atoms with E-state index >= 15 is 0 Å². The SMILES string of the molecule is CCC(NC(=O)c1cc(S(=O)(=O)Cl)cn1C)C(C)C. The molecule has 1 unspecified atom stereocenters. The maximum absolute atomic E-state index is 12.1.